The van der Waals surface area contributed by atoms with Crippen molar-refractivity contribution >= 4 is 17.3 Å². The van der Waals surface area contributed by atoms with Crippen LogP contribution in [0.1, 0.15) is 60.0 Å². The molecule has 1 N–H and O–H groups in total. The van der Waals surface area contributed by atoms with E-state index in [0.717, 1.165) is 74.4 Å². The van der Waals surface area contributed by atoms with E-state index in [1.165, 1.54) is 25.0 Å². The van der Waals surface area contributed by atoms with Gasteiger partial charge in [-0.2, -0.15) is 13.2 Å². The normalized spacial score (nSPS) is 18.4. The number of nitrogens with zero attached hydrogens (tertiary/aromatic N) is 2. The lowest BCUT2D eigenvalue weighted by molar-refractivity contribution is -0.137. The zero-order valence-electron chi connectivity index (χ0n) is 23.1. The van der Waals surface area contributed by atoms with Crippen LogP contribution in [0.4, 0.5) is 24.5 Å². The summed E-state index contributed by atoms with van der Waals surface area (Å²) in [5, 5.41) is 3.03. The van der Waals surface area contributed by atoms with E-state index in [1.54, 1.807) is 6.07 Å². The molecule has 0 radical (unpaired) electrons. The monoisotopic (exact) mass is 563 g/mol. The Bertz CT molecular complexity index is 1360. The summed E-state index contributed by atoms with van der Waals surface area (Å²) < 4.78 is 46.7. The predicted octanol–water partition coefficient (Wildman–Crippen LogP) is 7.06. The third-order valence-electron chi connectivity index (χ3n) is 8.70. The first-order valence-corrected chi connectivity index (χ1v) is 14.6. The lowest BCUT2D eigenvalue weighted by Crippen LogP contribution is -2.48. The van der Waals surface area contributed by atoms with Gasteiger partial charge in [-0.05, 0) is 66.4 Å². The third kappa shape index (κ3) is 6.47. The van der Waals surface area contributed by atoms with Crippen LogP contribution >= 0.6 is 0 Å². The molecule has 1 spiro atoms. The Hall–Kier alpha value is -3.68. The van der Waals surface area contributed by atoms with E-state index in [2.05, 4.69) is 15.1 Å². The van der Waals surface area contributed by atoms with Gasteiger partial charge in [0.2, 0.25) is 0 Å². The van der Waals surface area contributed by atoms with E-state index in [-0.39, 0.29) is 11.5 Å². The number of piperidine rings is 1. The van der Waals surface area contributed by atoms with E-state index >= 15 is 0 Å². The van der Waals surface area contributed by atoms with Gasteiger partial charge in [0.25, 0.3) is 5.91 Å². The highest BCUT2D eigenvalue weighted by molar-refractivity contribution is 5.94. The van der Waals surface area contributed by atoms with Gasteiger partial charge in [0.1, 0.15) is 11.4 Å². The molecule has 216 valence electrons. The fourth-order valence-electron chi connectivity index (χ4n) is 6.03. The first-order chi connectivity index (χ1) is 19.8. The molecule has 41 heavy (non-hydrogen) atoms. The number of para-hydroxylation sites is 2. The lowest BCUT2D eigenvalue weighted by Gasteiger charge is -2.42. The van der Waals surface area contributed by atoms with Gasteiger partial charge >= 0.3 is 6.18 Å². The van der Waals surface area contributed by atoms with Gasteiger partial charge in [-0.25, -0.2) is 0 Å². The lowest BCUT2D eigenvalue weighted by atomic mass is 9.87. The van der Waals surface area contributed by atoms with E-state index < -0.39 is 11.7 Å². The second-order valence-electron chi connectivity index (χ2n) is 11.6. The maximum absolute atomic E-state index is 13.3. The minimum absolute atomic E-state index is 0.0185. The fourth-order valence-corrected chi connectivity index (χ4v) is 6.03. The van der Waals surface area contributed by atoms with Gasteiger partial charge in [-0.3, -0.25) is 4.79 Å². The Balaban J connectivity index is 1.10. The van der Waals surface area contributed by atoms with Gasteiger partial charge in [0.05, 0.1) is 11.3 Å². The average Bonchev–Trinajstić information content (AvgIpc) is 3.81. The first kappa shape index (κ1) is 27.5. The summed E-state index contributed by atoms with van der Waals surface area (Å²) in [7, 11) is 0. The molecule has 6 rings (SSSR count). The minimum atomic E-state index is -4.36. The second-order valence-corrected chi connectivity index (χ2v) is 11.6. The molecule has 1 saturated heterocycles. The maximum Gasteiger partial charge on any atom is 0.416 e. The number of rotatable bonds is 7. The topological polar surface area (TPSA) is 44.8 Å². The Morgan fingerprint density at radius 3 is 2.39 bits per heavy atom. The minimum Gasteiger partial charge on any atom is -0.485 e. The second kappa shape index (κ2) is 11.3. The van der Waals surface area contributed by atoms with Crippen LogP contribution in [0.3, 0.4) is 0 Å². The molecule has 0 unspecified atom stereocenters. The maximum atomic E-state index is 13.3. The van der Waals surface area contributed by atoms with E-state index in [9.17, 15) is 18.0 Å². The number of benzene rings is 3. The Morgan fingerprint density at radius 1 is 0.927 bits per heavy atom. The highest BCUT2D eigenvalue weighted by atomic mass is 19.4. The van der Waals surface area contributed by atoms with Gasteiger partial charge in [0.15, 0.2) is 0 Å². The van der Waals surface area contributed by atoms with Gasteiger partial charge in [-0.1, -0.05) is 37.1 Å². The number of carbonyl (C=O) groups excluding carboxylic acids is 1. The number of amides is 1. The first-order valence-electron chi connectivity index (χ1n) is 14.6. The van der Waals surface area contributed by atoms with Crippen molar-refractivity contribution in [3.8, 4) is 5.75 Å². The van der Waals surface area contributed by atoms with Crippen LogP contribution in [0.15, 0.2) is 72.8 Å². The Kier molecular flexibility index (Phi) is 7.58. The zero-order valence-corrected chi connectivity index (χ0v) is 23.1. The fraction of sp³-hybridized carbons (Fsp3) is 0.424. The molecule has 2 aliphatic heterocycles. The summed E-state index contributed by atoms with van der Waals surface area (Å²) in [6.07, 6.45) is 1.73. The number of halogens is 3. The van der Waals surface area contributed by atoms with E-state index in [1.807, 2.05) is 48.5 Å². The van der Waals surface area contributed by atoms with Crippen molar-refractivity contribution in [1.29, 1.82) is 0 Å². The number of carbonyl (C=O) groups is 1. The van der Waals surface area contributed by atoms with Crippen LogP contribution in [0.25, 0.3) is 0 Å². The Labute approximate surface area is 239 Å². The van der Waals surface area contributed by atoms with Crippen LogP contribution in [-0.2, 0) is 12.7 Å². The molecule has 1 saturated carbocycles. The Morgan fingerprint density at radius 2 is 1.66 bits per heavy atom. The van der Waals surface area contributed by atoms with Gasteiger partial charge < -0.3 is 19.9 Å². The molecule has 3 aromatic rings. The van der Waals surface area contributed by atoms with Crippen molar-refractivity contribution in [3.63, 3.8) is 0 Å². The van der Waals surface area contributed by atoms with Crippen LogP contribution in [-0.4, -0.2) is 37.7 Å². The quantitative estimate of drug-likeness (QED) is 0.334. The summed E-state index contributed by atoms with van der Waals surface area (Å²) >= 11 is 0. The van der Waals surface area contributed by atoms with E-state index in [0.29, 0.717) is 24.2 Å². The molecule has 0 bridgehead atoms. The number of alkyl halides is 3. The predicted molar refractivity (Wildman–Crippen MR) is 154 cm³/mol. The molecular weight excluding hydrogens is 527 g/mol. The van der Waals surface area contributed by atoms with Crippen molar-refractivity contribution in [3.05, 3.63) is 89.5 Å². The van der Waals surface area contributed by atoms with Crippen molar-refractivity contribution in [1.82, 2.24) is 5.32 Å². The highest BCUT2D eigenvalue weighted by Crippen LogP contribution is 2.42. The zero-order chi connectivity index (χ0) is 28.5. The summed E-state index contributed by atoms with van der Waals surface area (Å²) in [5.74, 6) is 1.56. The summed E-state index contributed by atoms with van der Waals surface area (Å²) in [5.41, 5.74) is 2.35. The van der Waals surface area contributed by atoms with Crippen LogP contribution in [0, 0.1) is 5.92 Å². The SMILES string of the molecule is O=C(NCCC1CC1)c1ccc(N2CCC3(CC2)CCN(Cc2cccc(C(F)(F)F)c2)c2ccccc2O3)cc1. The summed E-state index contributed by atoms with van der Waals surface area (Å²) in [4.78, 5) is 17.0. The molecule has 2 fully saturated rings. The summed E-state index contributed by atoms with van der Waals surface area (Å²) in [6, 6.07) is 21.3. The van der Waals surface area contributed by atoms with Gasteiger partial charge in [0, 0.05) is 63.2 Å². The molecule has 0 aromatic heterocycles. The molecular formula is C33H36F3N3O2. The van der Waals surface area contributed by atoms with Crippen molar-refractivity contribution in [2.45, 2.75) is 56.8 Å². The van der Waals surface area contributed by atoms with Crippen molar-refractivity contribution in [2.24, 2.45) is 5.92 Å². The van der Waals surface area contributed by atoms with Crippen LogP contribution in [0.2, 0.25) is 0 Å². The number of fused-ring (bicyclic) bond motifs is 1. The molecule has 3 aliphatic rings. The number of anilines is 2. The van der Waals surface area contributed by atoms with Crippen LogP contribution < -0.4 is 19.9 Å². The number of ether oxygens (including phenoxy) is 1. The molecule has 1 aliphatic carbocycles. The standard InChI is InChI=1S/C33H36F3N3O2/c34-33(35,36)27-5-3-4-25(22-27)23-39-21-17-32(41-30-7-2-1-6-29(30)39)15-19-38(20-16-32)28-12-10-26(11-13-28)31(40)37-18-14-24-8-9-24/h1-7,10-13,22,24H,8-9,14-21,23H2,(H,37,40). The average molecular weight is 564 g/mol. The number of hydrogen-bond acceptors (Lipinski definition) is 4. The van der Waals surface area contributed by atoms with Crippen molar-refractivity contribution in [2.75, 3.05) is 36.0 Å². The molecule has 5 nitrogen and oxygen atoms in total. The van der Waals surface area contributed by atoms with Gasteiger partial charge in [-0.15, -0.1) is 0 Å². The summed E-state index contributed by atoms with van der Waals surface area (Å²) in [6.45, 7) is 3.45. The third-order valence-corrected chi connectivity index (χ3v) is 8.70. The van der Waals surface area contributed by atoms with Crippen LogP contribution in [0.5, 0.6) is 5.75 Å². The molecule has 2 heterocycles. The number of hydrogen-bond donors (Lipinski definition) is 1. The molecule has 0 atom stereocenters. The van der Waals surface area contributed by atoms with Crippen molar-refractivity contribution < 1.29 is 22.7 Å². The number of nitrogens with one attached hydrogen (secondary N) is 1. The molecule has 8 heteroatoms. The molecule has 3 aromatic carbocycles. The largest absolute Gasteiger partial charge is 0.485 e. The molecule has 1 amide bonds. The van der Waals surface area contributed by atoms with E-state index in [4.69, 9.17) is 4.74 Å². The highest BCUT2D eigenvalue weighted by Gasteiger charge is 2.40. The smallest absolute Gasteiger partial charge is 0.416 e.